The number of amides is 2. The first-order chi connectivity index (χ1) is 11.6. The van der Waals surface area contributed by atoms with Crippen molar-refractivity contribution in [1.29, 1.82) is 0 Å². The van der Waals surface area contributed by atoms with Crippen LogP contribution in [0.1, 0.15) is 36.0 Å². The van der Waals surface area contributed by atoms with Crippen molar-refractivity contribution in [3.8, 4) is 0 Å². The number of rotatable bonds is 4. The van der Waals surface area contributed by atoms with Crippen molar-refractivity contribution in [2.45, 2.75) is 37.8 Å². The molecule has 0 radical (unpaired) electrons. The zero-order valence-electron chi connectivity index (χ0n) is 13.7. The van der Waals surface area contributed by atoms with Crippen LogP contribution in [0.3, 0.4) is 0 Å². The highest BCUT2D eigenvalue weighted by molar-refractivity contribution is 5.94. The van der Waals surface area contributed by atoms with E-state index in [1.807, 2.05) is 0 Å². The summed E-state index contributed by atoms with van der Waals surface area (Å²) >= 11 is 0. The molecule has 1 saturated heterocycles. The summed E-state index contributed by atoms with van der Waals surface area (Å²) in [5.41, 5.74) is 0.151. The number of carbonyl (C=O) groups excluding carboxylic acids is 2. The van der Waals surface area contributed by atoms with Gasteiger partial charge in [0.2, 0.25) is 0 Å². The number of methoxy groups -OCH3 is 1. The topological polar surface area (TPSA) is 70.7 Å². The highest BCUT2D eigenvalue weighted by Crippen LogP contribution is 2.29. The molecule has 0 unspecified atom stereocenters. The highest BCUT2D eigenvalue weighted by atomic mass is 19.1. The third-order valence-corrected chi connectivity index (χ3v) is 4.56. The maximum absolute atomic E-state index is 13.8. The Hall–Kier alpha value is -2.15. The average molecular weight is 335 g/mol. The molecule has 2 amide bonds. The average Bonchev–Trinajstić information content (AvgIpc) is 3.42. The number of hydrogen-bond acceptors (Lipinski definition) is 4. The third kappa shape index (κ3) is 4.03. The van der Waals surface area contributed by atoms with Gasteiger partial charge in [-0.2, -0.15) is 0 Å². The summed E-state index contributed by atoms with van der Waals surface area (Å²) in [6.07, 6.45) is 4.37. The molecule has 1 aromatic rings. The van der Waals surface area contributed by atoms with E-state index in [1.54, 1.807) is 0 Å². The van der Waals surface area contributed by atoms with E-state index >= 15 is 0 Å². The Morgan fingerprint density at radius 2 is 1.92 bits per heavy atom. The number of nitrogens with one attached hydrogen (secondary N) is 2. The number of piperidine rings is 1. The molecule has 0 atom stereocenters. The van der Waals surface area contributed by atoms with Gasteiger partial charge in [0.05, 0.1) is 18.4 Å². The van der Waals surface area contributed by atoms with Gasteiger partial charge in [0.15, 0.2) is 0 Å². The predicted octanol–water partition coefficient (Wildman–Crippen LogP) is 2.36. The van der Waals surface area contributed by atoms with Crippen molar-refractivity contribution < 1.29 is 18.7 Å². The van der Waals surface area contributed by atoms with Crippen molar-refractivity contribution in [2.24, 2.45) is 0 Å². The van der Waals surface area contributed by atoms with Crippen molar-refractivity contribution in [1.82, 2.24) is 10.2 Å². The fourth-order valence-electron chi connectivity index (χ4n) is 3.06. The summed E-state index contributed by atoms with van der Waals surface area (Å²) < 4.78 is 18.4. The van der Waals surface area contributed by atoms with Gasteiger partial charge >= 0.3 is 12.0 Å². The van der Waals surface area contributed by atoms with Crippen molar-refractivity contribution in [2.75, 3.05) is 25.5 Å². The fourth-order valence-corrected chi connectivity index (χ4v) is 3.06. The second kappa shape index (κ2) is 7.17. The van der Waals surface area contributed by atoms with Gasteiger partial charge in [-0.05, 0) is 43.9 Å². The minimum absolute atomic E-state index is 0.0363. The van der Waals surface area contributed by atoms with Gasteiger partial charge in [0.25, 0.3) is 0 Å². The molecule has 2 aliphatic rings. The maximum Gasteiger partial charge on any atom is 0.337 e. The van der Waals surface area contributed by atoms with E-state index in [0.29, 0.717) is 0 Å². The molecule has 1 aliphatic heterocycles. The van der Waals surface area contributed by atoms with E-state index in [2.05, 4.69) is 20.3 Å². The summed E-state index contributed by atoms with van der Waals surface area (Å²) in [7, 11) is 1.25. The van der Waals surface area contributed by atoms with Crippen LogP contribution in [0.4, 0.5) is 14.9 Å². The number of carbonyl (C=O) groups is 2. The Morgan fingerprint density at radius 1 is 1.21 bits per heavy atom. The van der Waals surface area contributed by atoms with E-state index in [1.165, 1.54) is 32.1 Å². The Bertz CT molecular complexity index is 626. The summed E-state index contributed by atoms with van der Waals surface area (Å²) in [6.45, 7) is 1.98. The Labute approximate surface area is 140 Å². The lowest BCUT2D eigenvalue weighted by atomic mass is 10.1. The number of likely N-dealkylation sites (tertiary alicyclic amines) is 1. The molecule has 24 heavy (non-hydrogen) atoms. The predicted molar refractivity (Wildman–Crippen MR) is 87.5 cm³/mol. The van der Waals surface area contributed by atoms with Gasteiger partial charge in [-0.1, -0.05) is 0 Å². The fraction of sp³-hybridized carbons (Fsp3) is 0.529. The van der Waals surface area contributed by atoms with Gasteiger partial charge in [-0.25, -0.2) is 14.0 Å². The molecule has 0 bridgehead atoms. The van der Waals surface area contributed by atoms with Crippen LogP contribution >= 0.6 is 0 Å². The van der Waals surface area contributed by atoms with Crippen LogP contribution < -0.4 is 10.6 Å². The smallest absolute Gasteiger partial charge is 0.337 e. The lowest BCUT2D eigenvalue weighted by molar-refractivity contribution is 0.0600. The van der Waals surface area contributed by atoms with Crippen molar-refractivity contribution in [3.05, 3.63) is 29.6 Å². The van der Waals surface area contributed by atoms with E-state index < -0.39 is 17.8 Å². The zero-order chi connectivity index (χ0) is 17.1. The lowest BCUT2D eigenvalue weighted by Gasteiger charge is -2.32. The van der Waals surface area contributed by atoms with Gasteiger partial charge in [0, 0.05) is 25.2 Å². The number of esters is 1. The van der Waals surface area contributed by atoms with E-state index in [9.17, 15) is 14.0 Å². The van der Waals surface area contributed by atoms with Gasteiger partial charge in [-0.3, -0.25) is 0 Å². The molecule has 0 aromatic heterocycles. The molecule has 130 valence electrons. The number of anilines is 1. The van der Waals surface area contributed by atoms with E-state index in [0.717, 1.165) is 38.0 Å². The molecular formula is C17H22FN3O3. The third-order valence-electron chi connectivity index (χ3n) is 4.56. The number of halogens is 1. The minimum Gasteiger partial charge on any atom is -0.465 e. The molecule has 1 heterocycles. The van der Waals surface area contributed by atoms with Crippen molar-refractivity contribution in [3.63, 3.8) is 0 Å². The number of benzene rings is 1. The molecule has 3 rings (SSSR count). The molecule has 1 aromatic carbocycles. The summed E-state index contributed by atoms with van der Waals surface area (Å²) in [6, 6.07) is 4.10. The maximum atomic E-state index is 13.8. The Kier molecular flexibility index (Phi) is 4.99. The first kappa shape index (κ1) is 16.7. The molecule has 7 heteroatoms. The normalized spacial score (nSPS) is 18.9. The van der Waals surface area contributed by atoms with Crippen molar-refractivity contribution >= 4 is 17.7 Å². The largest absolute Gasteiger partial charge is 0.465 e. The van der Waals surface area contributed by atoms with E-state index in [-0.39, 0.29) is 17.3 Å². The number of urea groups is 1. The first-order valence-corrected chi connectivity index (χ1v) is 8.26. The van der Waals surface area contributed by atoms with Crippen LogP contribution in [0.25, 0.3) is 0 Å². The lowest BCUT2D eigenvalue weighted by Crippen LogP contribution is -2.46. The molecule has 1 saturated carbocycles. The van der Waals surface area contributed by atoms with E-state index in [4.69, 9.17) is 0 Å². The number of nitrogens with zero attached hydrogens (tertiary/aromatic N) is 1. The first-order valence-electron chi connectivity index (χ1n) is 8.26. The minimum atomic E-state index is -0.596. The molecule has 6 nitrogen and oxygen atoms in total. The highest BCUT2D eigenvalue weighted by Gasteiger charge is 2.32. The number of ether oxygens (including phenoxy) is 1. The monoisotopic (exact) mass is 335 g/mol. The quantitative estimate of drug-likeness (QED) is 0.829. The van der Waals surface area contributed by atoms with Crippen LogP contribution in [0.2, 0.25) is 0 Å². The summed E-state index contributed by atoms with van der Waals surface area (Å²) in [4.78, 5) is 26.1. The molecule has 2 fully saturated rings. The molecule has 1 aliphatic carbocycles. The van der Waals surface area contributed by atoms with Crippen LogP contribution in [0.15, 0.2) is 18.2 Å². The van der Waals surface area contributed by atoms with Gasteiger partial charge < -0.3 is 20.3 Å². The summed E-state index contributed by atoms with van der Waals surface area (Å²) in [5, 5.41) is 5.35. The Balaban J connectivity index is 1.54. The molecule has 2 N–H and O–H groups in total. The second-order valence-corrected chi connectivity index (χ2v) is 6.33. The van der Waals surface area contributed by atoms with Gasteiger partial charge in [0.1, 0.15) is 5.82 Å². The van der Waals surface area contributed by atoms with Gasteiger partial charge in [-0.15, -0.1) is 0 Å². The van der Waals surface area contributed by atoms with Crippen LogP contribution in [-0.2, 0) is 4.74 Å². The molecular weight excluding hydrogens is 313 g/mol. The second-order valence-electron chi connectivity index (χ2n) is 6.33. The number of hydrogen-bond donors (Lipinski definition) is 2. The van der Waals surface area contributed by atoms with Crippen LogP contribution in [-0.4, -0.2) is 49.2 Å². The summed E-state index contributed by atoms with van der Waals surface area (Å²) in [5.74, 6) is -1.17. The Morgan fingerprint density at radius 3 is 2.54 bits per heavy atom. The molecule has 0 spiro atoms. The van der Waals surface area contributed by atoms with Crippen LogP contribution in [0, 0.1) is 5.82 Å². The van der Waals surface area contributed by atoms with Crippen LogP contribution in [0.5, 0.6) is 0 Å². The SMILES string of the molecule is COC(=O)c1ccc(F)c(NC(=O)NC2CCN(C3CC3)CC2)c1. The zero-order valence-corrected chi connectivity index (χ0v) is 13.7. The standard InChI is InChI=1S/C17H22FN3O3/c1-24-16(22)11-2-5-14(18)15(10-11)20-17(23)19-12-6-8-21(9-7-12)13-3-4-13/h2,5,10,12-13H,3-4,6-9H2,1H3,(H2,19,20,23).